The van der Waals surface area contributed by atoms with E-state index in [2.05, 4.69) is 50.4 Å². The summed E-state index contributed by atoms with van der Waals surface area (Å²) in [6.07, 6.45) is 1.70. The van der Waals surface area contributed by atoms with Gasteiger partial charge in [-0.25, -0.2) is 0 Å². The fraction of sp³-hybridized carbons (Fsp3) is 0.286. The van der Waals surface area contributed by atoms with Crippen LogP contribution in [0.4, 0.5) is 0 Å². The molecule has 0 saturated carbocycles. The van der Waals surface area contributed by atoms with Gasteiger partial charge in [0.15, 0.2) is 0 Å². The summed E-state index contributed by atoms with van der Waals surface area (Å²) in [6, 6.07) is 15.9. The number of hydrogen-bond acceptors (Lipinski definition) is 4. The molecule has 1 heterocycles. The molecule has 1 N–H and O–H groups in total. The van der Waals surface area contributed by atoms with Crippen LogP contribution in [0.1, 0.15) is 43.3 Å². The summed E-state index contributed by atoms with van der Waals surface area (Å²) in [4.78, 5) is 16.6. The third kappa shape index (κ3) is 5.04. The van der Waals surface area contributed by atoms with Crippen LogP contribution >= 0.6 is 15.9 Å². The number of nitrogens with zero attached hydrogens (tertiary/aromatic N) is 2. The molecule has 1 amide bonds. The van der Waals surface area contributed by atoms with Crippen LogP contribution in [-0.2, 0) is 17.6 Å². The van der Waals surface area contributed by atoms with E-state index in [1.54, 1.807) is 0 Å². The zero-order valence-corrected chi connectivity index (χ0v) is 17.0. The first kappa shape index (κ1) is 19.3. The largest absolute Gasteiger partial charge is 0.350 e. The Kier molecular flexibility index (Phi) is 6.40. The first-order valence-electron chi connectivity index (χ1n) is 9.02. The second-order valence-electron chi connectivity index (χ2n) is 6.37. The molecular weight excluding hydrogens is 406 g/mol. The van der Waals surface area contributed by atoms with Crippen molar-refractivity contribution >= 4 is 21.8 Å². The molecule has 3 rings (SSSR count). The van der Waals surface area contributed by atoms with Crippen molar-refractivity contribution in [2.45, 2.75) is 39.2 Å². The van der Waals surface area contributed by atoms with Crippen molar-refractivity contribution in [2.75, 3.05) is 0 Å². The van der Waals surface area contributed by atoms with Gasteiger partial charge >= 0.3 is 0 Å². The quantitative estimate of drug-likeness (QED) is 0.583. The number of amides is 1. The molecule has 1 unspecified atom stereocenters. The molecule has 1 atom stereocenters. The standard InChI is InChI=1S/C21H22BrN3O2/c1-3-15-8-10-16(11-9-15)21-24-20(27-25-21)13-12-19(26)23-14(2)17-6-4-5-7-18(17)22/h4-11,14H,3,12-13H2,1-2H3,(H,23,26). The summed E-state index contributed by atoms with van der Waals surface area (Å²) in [6.45, 7) is 4.08. The Morgan fingerprint density at radius 1 is 1.19 bits per heavy atom. The minimum Gasteiger partial charge on any atom is -0.350 e. The van der Waals surface area contributed by atoms with Crippen molar-refractivity contribution in [2.24, 2.45) is 0 Å². The van der Waals surface area contributed by atoms with Gasteiger partial charge in [0.2, 0.25) is 17.6 Å². The van der Waals surface area contributed by atoms with Crippen molar-refractivity contribution < 1.29 is 9.32 Å². The Morgan fingerprint density at radius 3 is 2.63 bits per heavy atom. The first-order chi connectivity index (χ1) is 13.1. The van der Waals surface area contributed by atoms with Gasteiger partial charge in [-0.05, 0) is 30.5 Å². The normalized spacial score (nSPS) is 12.0. The monoisotopic (exact) mass is 427 g/mol. The maximum Gasteiger partial charge on any atom is 0.227 e. The van der Waals surface area contributed by atoms with Crippen LogP contribution in [-0.4, -0.2) is 16.0 Å². The third-order valence-corrected chi connectivity index (χ3v) is 5.13. The Balaban J connectivity index is 1.55. The summed E-state index contributed by atoms with van der Waals surface area (Å²) in [5.41, 5.74) is 3.22. The van der Waals surface area contributed by atoms with Crippen molar-refractivity contribution in [1.82, 2.24) is 15.5 Å². The Hall–Kier alpha value is -2.47. The second kappa shape index (κ2) is 8.95. The predicted octanol–water partition coefficient (Wildman–Crippen LogP) is 4.87. The molecule has 6 heteroatoms. The van der Waals surface area contributed by atoms with Crippen molar-refractivity contribution in [3.8, 4) is 11.4 Å². The molecular formula is C21H22BrN3O2. The molecule has 140 valence electrons. The number of hydrogen-bond donors (Lipinski definition) is 1. The van der Waals surface area contributed by atoms with Crippen LogP contribution in [0.25, 0.3) is 11.4 Å². The molecule has 0 aliphatic carbocycles. The van der Waals surface area contributed by atoms with Crippen LogP contribution in [0.5, 0.6) is 0 Å². The third-order valence-electron chi connectivity index (χ3n) is 4.40. The van der Waals surface area contributed by atoms with Crippen molar-refractivity contribution in [1.29, 1.82) is 0 Å². The molecule has 0 spiro atoms. The Bertz CT molecular complexity index is 906. The minimum atomic E-state index is -0.0802. The number of aromatic nitrogens is 2. The summed E-state index contributed by atoms with van der Waals surface area (Å²) < 4.78 is 6.27. The number of benzene rings is 2. The number of aryl methyl sites for hydroxylation is 2. The molecule has 1 aromatic heterocycles. The molecule has 3 aromatic rings. The molecule has 0 aliphatic rings. The minimum absolute atomic E-state index is 0.0506. The lowest BCUT2D eigenvalue weighted by Gasteiger charge is -2.15. The highest BCUT2D eigenvalue weighted by Crippen LogP contribution is 2.23. The predicted molar refractivity (Wildman–Crippen MR) is 108 cm³/mol. The van der Waals surface area contributed by atoms with E-state index in [1.165, 1.54) is 5.56 Å². The zero-order chi connectivity index (χ0) is 19.2. The van der Waals surface area contributed by atoms with E-state index in [1.807, 2.05) is 43.3 Å². The highest BCUT2D eigenvalue weighted by molar-refractivity contribution is 9.10. The molecule has 0 fully saturated rings. The van der Waals surface area contributed by atoms with Gasteiger partial charge in [0.25, 0.3) is 0 Å². The van der Waals surface area contributed by atoms with Gasteiger partial charge in [-0.1, -0.05) is 70.5 Å². The van der Waals surface area contributed by atoms with Gasteiger partial charge in [0.05, 0.1) is 6.04 Å². The number of carbonyl (C=O) groups excluding carboxylic acids is 1. The second-order valence-corrected chi connectivity index (χ2v) is 7.23. The summed E-state index contributed by atoms with van der Waals surface area (Å²) in [5.74, 6) is 0.966. The topological polar surface area (TPSA) is 68.0 Å². The number of nitrogens with one attached hydrogen (secondary N) is 1. The van der Waals surface area contributed by atoms with Crippen LogP contribution in [0.2, 0.25) is 0 Å². The molecule has 5 nitrogen and oxygen atoms in total. The van der Waals surface area contributed by atoms with Gasteiger partial charge in [-0.3, -0.25) is 4.79 Å². The molecule has 0 radical (unpaired) electrons. The van der Waals surface area contributed by atoms with Gasteiger partial charge in [-0.15, -0.1) is 0 Å². The van der Waals surface area contributed by atoms with Gasteiger partial charge in [0, 0.05) is 22.9 Å². The SMILES string of the molecule is CCc1ccc(-c2noc(CCC(=O)NC(C)c3ccccc3Br)n2)cc1. The fourth-order valence-electron chi connectivity index (χ4n) is 2.80. The Morgan fingerprint density at radius 2 is 1.93 bits per heavy atom. The Labute approximate surface area is 167 Å². The van der Waals surface area contributed by atoms with Crippen molar-refractivity contribution in [3.05, 3.63) is 70.0 Å². The van der Waals surface area contributed by atoms with E-state index in [0.717, 1.165) is 22.0 Å². The van der Waals surface area contributed by atoms with Crippen LogP contribution in [0.3, 0.4) is 0 Å². The highest BCUT2D eigenvalue weighted by atomic mass is 79.9. The van der Waals surface area contributed by atoms with Gasteiger partial charge in [0.1, 0.15) is 0 Å². The molecule has 0 saturated heterocycles. The molecule has 0 bridgehead atoms. The number of halogens is 1. The highest BCUT2D eigenvalue weighted by Gasteiger charge is 2.14. The lowest BCUT2D eigenvalue weighted by atomic mass is 10.1. The summed E-state index contributed by atoms with van der Waals surface area (Å²) in [5, 5.41) is 7.02. The summed E-state index contributed by atoms with van der Waals surface area (Å²) in [7, 11) is 0. The molecule has 2 aromatic carbocycles. The zero-order valence-electron chi connectivity index (χ0n) is 15.4. The lowest BCUT2D eigenvalue weighted by Crippen LogP contribution is -2.27. The average molecular weight is 428 g/mol. The van der Waals surface area contributed by atoms with E-state index < -0.39 is 0 Å². The van der Waals surface area contributed by atoms with Crippen molar-refractivity contribution in [3.63, 3.8) is 0 Å². The maximum atomic E-state index is 12.2. The van der Waals surface area contributed by atoms with Crippen LogP contribution < -0.4 is 5.32 Å². The lowest BCUT2D eigenvalue weighted by molar-refractivity contribution is -0.121. The average Bonchev–Trinajstić information content (AvgIpc) is 3.16. The van der Waals surface area contributed by atoms with E-state index in [0.29, 0.717) is 24.6 Å². The van der Waals surface area contributed by atoms with E-state index >= 15 is 0 Å². The van der Waals surface area contributed by atoms with Crippen LogP contribution in [0, 0.1) is 0 Å². The van der Waals surface area contributed by atoms with Gasteiger partial charge < -0.3 is 9.84 Å². The van der Waals surface area contributed by atoms with Gasteiger partial charge in [-0.2, -0.15) is 4.98 Å². The number of rotatable bonds is 7. The fourth-order valence-corrected chi connectivity index (χ4v) is 3.43. The van der Waals surface area contributed by atoms with E-state index in [-0.39, 0.29) is 11.9 Å². The van der Waals surface area contributed by atoms with Crippen LogP contribution in [0.15, 0.2) is 57.5 Å². The maximum absolute atomic E-state index is 12.2. The molecule has 0 aliphatic heterocycles. The summed E-state index contributed by atoms with van der Waals surface area (Å²) >= 11 is 3.51. The molecule has 27 heavy (non-hydrogen) atoms. The smallest absolute Gasteiger partial charge is 0.227 e. The number of carbonyl (C=O) groups is 1. The first-order valence-corrected chi connectivity index (χ1v) is 9.81. The van der Waals surface area contributed by atoms with E-state index in [4.69, 9.17) is 4.52 Å². The van der Waals surface area contributed by atoms with E-state index in [9.17, 15) is 4.79 Å².